The Kier molecular flexibility index (Phi) is 8.38. The minimum Gasteiger partial charge on any atom is -0.403 e. The van der Waals surface area contributed by atoms with E-state index in [2.05, 4.69) is 11.7 Å². The summed E-state index contributed by atoms with van der Waals surface area (Å²) in [5.74, 6) is -0.991. The summed E-state index contributed by atoms with van der Waals surface area (Å²) in [7, 11) is 0. The Morgan fingerprint density at radius 3 is 2.29 bits per heavy atom. The van der Waals surface area contributed by atoms with Gasteiger partial charge in [-0.15, -0.1) is 13.2 Å². The van der Waals surface area contributed by atoms with E-state index >= 15 is 4.39 Å². The van der Waals surface area contributed by atoms with Crippen molar-refractivity contribution < 1.29 is 26.7 Å². The molecule has 1 fully saturated rings. The van der Waals surface area contributed by atoms with Gasteiger partial charge in [-0.2, -0.15) is 0 Å². The Morgan fingerprint density at radius 1 is 0.829 bits per heavy atom. The molecule has 0 aromatic heterocycles. The van der Waals surface area contributed by atoms with Crippen LogP contribution in [-0.2, 0) is 12.8 Å². The first-order chi connectivity index (χ1) is 16.7. The lowest BCUT2D eigenvalue weighted by atomic mass is 9.76. The molecule has 0 bridgehead atoms. The number of benzene rings is 2. The van der Waals surface area contributed by atoms with Crippen molar-refractivity contribution in [3.05, 3.63) is 64.2 Å². The van der Waals surface area contributed by atoms with E-state index < -0.39 is 17.9 Å². The standard InChI is InChI=1S/C29H35F5O/c1-2-3-4-5-6-19-7-9-20(10-8-19)21-13-14-25(26(30)16-21)23-12-11-22-18-28(35-29(32,33)34)27(31)17-24(22)15-23/h13-14,16-20,23H,2-12,15H2,1H3. The molecule has 1 atom stereocenters. The molecule has 0 spiro atoms. The van der Waals surface area contributed by atoms with Gasteiger partial charge in [0.25, 0.3) is 0 Å². The molecule has 2 aromatic rings. The van der Waals surface area contributed by atoms with Gasteiger partial charge in [0.05, 0.1) is 0 Å². The van der Waals surface area contributed by atoms with E-state index in [4.69, 9.17) is 0 Å². The van der Waals surface area contributed by atoms with Crippen molar-refractivity contribution in [2.45, 2.75) is 102 Å². The third-order valence-corrected chi connectivity index (χ3v) is 7.96. The van der Waals surface area contributed by atoms with Crippen molar-refractivity contribution in [3.8, 4) is 5.75 Å². The molecule has 2 aliphatic carbocycles. The summed E-state index contributed by atoms with van der Waals surface area (Å²) in [6.45, 7) is 2.23. The average Bonchev–Trinajstić information content (AvgIpc) is 2.81. The summed E-state index contributed by atoms with van der Waals surface area (Å²) in [6, 6.07) is 7.83. The maximum Gasteiger partial charge on any atom is 0.573 e. The van der Waals surface area contributed by atoms with Gasteiger partial charge in [0, 0.05) is 0 Å². The SMILES string of the molecule is CCCCCCC1CCC(c2ccc(C3CCc4cc(OC(F)(F)F)c(F)cc4C3)c(F)c2)CC1. The highest BCUT2D eigenvalue weighted by Gasteiger charge is 2.33. The predicted molar refractivity (Wildman–Crippen MR) is 128 cm³/mol. The second kappa shape index (κ2) is 11.3. The van der Waals surface area contributed by atoms with Crippen LogP contribution in [0.3, 0.4) is 0 Å². The Labute approximate surface area is 205 Å². The normalized spacial score (nSPS) is 22.6. The van der Waals surface area contributed by atoms with E-state index in [1.807, 2.05) is 12.1 Å². The predicted octanol–water partition coefficient (Wildman–Crippen LogP) is 9.38. The highest BCUT2D eigenvalue weighted by molar-refractivity contribution is 5.41. The van der Waals surface area contributed by atoms with Crippen molar-refractivity contribution in [1.29, 1.82) is 0 Å². The molecule has 0 radical (unpaired) electrons. The number of fused-ring (bicyclic) bond motifs is 1. The molecule has 1 unspecified atom stereocenters. The minimum atomic E-state index is -4.94. The highest BCUT2D eigenvalue weighted by atomic mass is 19.4. The molecule has 4 rings (SSSR count). The lowest BCUT2D eigenvalue weighted by Crippen LogP contribution is -2.20. The van der Waals surface area contributed by atoms with E-state index in [1.165, 1.54) is 44.9 Å². The van der Waals surface area contributed by atoms with Crippen molar-refractivity contribution >= 4 is 0 Å². The van der Waals surface area contributed by atoms with Crippen LogP contribution in [0.4, 0.5) is 22.0 Å². The first-order valence-electron chi connectivity index (χ1n) is 13.1. The second-order valence-electron chi connectivity index (χ2n) is 10.4. The molecule has 192 valence electrons. The van der Waals surface area contributed by atoms with Crippen LogP contribution in [0.5, 0.6) is 5.75 Å². The third-order valence-electron chi connectivity index (χ3n) is 7.96. The van der Waals surface area contributed by atoms with Crippen LogP contribution >= 0.6 is 0 Å². The van der Waals surface area contributed by atoms with Crippen LogP contribution in [0.2, 0.25) is 0 Å². The number of hydrogen-bond acceptors (Lipinski definition) is 1. The van der Waals surface area contributed by atoms with Gasteiger partial charge in [-0.05, 0) is 103 Å². The maximum atomic E-state index is 15.2. The topological polar surface area (TPSA) is 9.23 Å². The quantitative estimate of drug-likeness (QED) is 0.262. The monoisotopic (exact) mass is 494 g/mol. The summed E-state index contributed by atoms with van der Waals surface area (Å²) < 4.78 is 70.7. The summed E-state index contributed by atoms with van der Waals surface area (Å²) in [5.41, 5.74) is 2.92. The van der Waals surface area contributed by atoms with Crippen molar-refractivity contribution in [2.24, 2.45) is 5.92 Å². The molecule has 0 heterocycles. The maximum absolute atomic E-state index is 15.2. The number of alkyl halides is 3. The summed E-state index contributed by atoms with van der Waals surface area (Å²) in [4.78, 5) is 0. The molecule has 1 nitrogen and oxygen atoms in total. The van der Waals surface area contributed by atoms with Crippen LogP contribution in [-0.4, -0.2) is 6.36 Å². The largest absolute Gasteiger partial charge is 0.573 e. The van der Waals surface area contributed by atoms with Gasteiger partial charge in [-0.3, -0.25) is 0 Å². The molecule has 0 N–H and O–H groups in total. The minimum absolute atomic E-state index is 0.121. The van der Waals surface area contributed by atoms with Gasteiger partial charge in [0.15, 0.2) is 11.6 Å². The number of halogens is 5. The zero-order valence-electron chi connectivity index (χ0n) is 20.4. The smallest absolute Gasteiger partial charge is 0.403 e. The van der Waals surface area contributed by atoms with Crippen LogP contribution < -0.4 is 4.74 Å². The van der Waals surface area contributed by atoms with E-state index in [0.29, 0.717) is 41.9 Å². The molecule has 0 aliphatic heterocycles. The van der Waals surface area contributed by atoms with Gasteiger partial charge in [0.1, 0.15) is 5.82 Å². The van der Waals surface area contributed by atoms with Gasteiger partial charge < -0.3 is 4.74 Å². The van der Waals surface area contributed by atoms with Gasteiger partial charge in [-0.25, -0.2) is 8.78 Å². The fourth-order valence-electron chi connectivity index (χ4n) is 6.00. The molecule has 0 saturated heterocycles. The number of ether oxygens (including phenoxy) is 1. The molecule has 0 amide bonds. The molecular formula is C29H35F5O. The lowest BCUT2D eigenvalue weighted by molar-refractivity contribution is -0.275. The Morgan fingerprint density at radius 2 is 1.60 bits per heavy atom. The number of aryl methyl sites for hydroxylation is 1. The summed E-state index contributed by atoms with van der Waals surface area (Å²) >= 11 is 0. The van der Waals surface area contributed by atoms with Gasteiger partial charge in [-0.1, -0.05) is 51.2 Å². The lowest BCUT2D eigenvalue weighted by Gasteiger charge is -2.30. The van der Waals surface area contributed by atoms with Crippen molar-refractivity contribution in [3.63, 3.8) is 0 Å². The first kappa shape index (κ1) is 26.0. The van der Waals surface area contributed by atoms with Gasteiger partial charge >= 0.3 is 6.36 Å². The number of hydrogen-bond donors (Lipinski definition) is 0. The molecule has 6 heteroatoms. The van der Waals surface area contributed by atoms with Crippen LogP contribution in [0, 0.1) is 17.6 Å². The highest BCUT2D eigenvalue weighted by Crippen LogP contribution is 2.41. The molecule has 1 saturated carbocycles. The van der Waals surface area contributed by atoms with Gasteiger partial charge in [0.2, 0.25) is 0 Å². The van der Waals surface area contributed by atoms with Crippen LogP contribution in [0.1, 0.15) is 105 Å². The fourth-order valence-corrected chi connectivity index (χ4v) is 6.00. The second-order valence-corrected chi connectivity index (χ2v) is 10.4. The zero-order valence-corrected chi connectivity index (χ0v) is 20.4. The Bertz CT molecular complexity index is 991. The van der Waals surface area contributed by atoms with E-state index in [-0.39, 0.29) is 11.7 Å². The van der Waals surface area contributed by atoms with Crippen molar-refractivity contribution in [2.75, 3.05) is 0 Å². The Balaban J connectivity index is 1.37. The average molecular weight is 495 g/mol. The van der Waals surface area contributed by atoms with E-state index in [9.17, 15) is 17.6 Å². The molecular weight excluding hydrogens is 459 g/mol. The number of rotatable bonds is 8. The van der Waals surface area contributed by atoms with E-state index in [1.54, 1.807) is 6.07 Å². The van der Waals surface area contributed by atoms with Crippen LogP contribution in [0.25, 0.3) is 0 Å². The fraction of sp³-hybridized carbons (Fsp3) is 0.586. The first-order valence-corrected chi connectivity index (χ1v) is 13.1. The third kappa shape index (κ3) is 6.77. The van der Waals surface area contributed by atoms with E-state index in [0.717, 1.165) is 36.5 Å². The Hall–Kier alpha value is -2.11. The van der Waals surface area contributed by atoms with Crippen molar-refractivity contribution in [1.82, 2.24) is 0 Å². The van der Waals surface area contributed by atoms with Crippen LogP contribution in [0.15, 0.2) is 30.3 Å². The summed E-state index contributed by atoms with van der Waals surface area (Å²) in [6.07, 6.45) is 7.69. The molecule has 2 aromatic carbocycles. The zero-order chi connectivity index (χ0) is 25.0. The summed E-state index contributed by atoms with van der Waals surface area (Å²) in [5, 5.41) is 0. The molecule has 35 heavy (non-hydrogen) atoms. The number of unbranched alkanes of at least 4 members (excludes halogenated alkanes) is 3. The molecule has 2 aliphatic rings.